The van der Waals surface area contributed by atoms with Crippen molar-refractivity contribution in [2.75, 3.05) is 34.8 Å². The van der Waals surface area contributed by atoms with Crippen LogP contribution in [0, 0.1) is 16.7 Å². The number of rotatable bonds is 9. The Balaban J connectivity index is 1.25. The molecule has 1 aliphatic heterocycles. The van der Waals surface area contributed by atoms with Gasteiger partial charge in [0.25, 0.3) is 5.91 Å². The molecule has 2 unspecified atom stereocenters. The van der Waals surface area contributed by atoms with E-state index in [1.165, 1.54) is 109 Å². The van der Waals surface area contributed by atoms with E-state index in [0.29, 0.717) is 18.4 Å². The largest absolute Gasteiger partial charge is 0.497 e. The molecule has 2 aromatic carbocycles. The van der Waals surface area contributed by atoms with Crippen molar-refractivity contribution < 1.29 is 22.7 Å². The van der Waals surface area contributed by atoms with Crippen molar-refractivity contribution in [1.29, 1.82) is 0 Å². The Kier molecular flexibility index (Phi) is 9.70. The summed E-state index contributed by atoms with van der Waals surface area (Å²) in [7, 11) is 2.61. The van der Waals surface area contributed by atoms with E-state index in [0.717, 1.165) is 58.0 Å². The molecule has 1 aromatic heterocycles. The third-order valence-electron chi connectivity index (χ3n) is 14.1. The Hall–Kier alpha value is -3.37. The molecule has 53 heavy (non-hydrogen) atoms. The topological polar surface area (TPSA) is 101 Å². The Morgan fingerprint density at radius 1 is 0.887 bits per heavy atom. The van der Waals surface area contributed by atoms with Crippen LogP contribution in [0.4, 0.5) is 0 Å². The molecule has 5 aliphatic rings. The minimum atomic E-state index is -3.97. The summed E-state index contributed by atoms with van der Waals surface area (Å²) in [5, 5.41) is 1.09. The van der Waals surface area contributed by atoms with Gasteiger partial charge in [0.1, 0.15) is 5.75 Å². The predicted molar refractivity (Wildman–Crippen MR) is 209 cm³/mol. The van der Waals surface area contributed by atoms with Gasteiger partial charge in [-0.1, -0.05) is 63.9 Å². The lowest BCUT2D eigenvalue weighted by molar-refractivity contribution is -0.139. The van der Waals surface area contributed by atoms with Crippen molar-refractivity contribution in [3.05, 3.63) is 53.1 Å². The number of nitrogens with one attached hydrogen (secondary N) is 1. The molecule has 4 aliphatic carbocycles. The molecule has 9 nitrogen and oxygen atoms in total. The molecule has 0 bridgehead atoms. The molecule has 4 saturated carbocycles. The number of aromatic nitrogens is 1. The maximum absolute atomic E-state index is 15.3. The molecule has 0 radical (unpaired) electrons. The number of ether oxygens (including phenoxy) is 1. The third kappa shape index (κ3) is 6.39. The van der Waals surface area contributed by atoms with Gasteiger partial charge in [0.2, 0.25) is 5.91 Å². The average molecular weight is 743 g/mol. The molecule has 0 saturated heterocycles. The van der Waals surface area contributed by atoms with E-state index in [1.807, 2.05) is 18.2 Å². The molecule has 4 fully saturated rings. The standard InChI is InChI=1S/C43H58N4O5S/c1-45(2)53(50,51)44-40(48)30-18-20-34-37(24-30)47-28-43(41(49)46(3)27-42(22-12-7-13-23-42)31-16-10-6-11-17-31)26-36(43)35-25-32(52-4)19-21-33(35)39(47)38(34)29-14-8-5-9-15-29/h18-21,24-25,29,31,36H,5-17,22-23,26-28H2,1-4H3,(H,44,48). The molecular weight excluding hydrogens is 685 g/mol. The molecule has 0 spiro atoms. The molecule has 10 heteroatoms. The summed E-state index contributed by atoms with van der Waals surface area (Å²) in [5.74, 6) is 1.48. The van der Waals surface area contributed by atoms with Gasteiger partial charge in [-0.25, -0.2) is 4.72 Å². The van der Waals surface area contributed by atoms with Crippen LogP contribution in [-0.2, 0) is 21.5 Å². The van der Waals surface area contributed by atoms with Gasteiger partial charge < -0.3 is 14.2 Å². The number of nitrogens with zero attached hydrogens (tertiary/aromatic N) is 3. The number of methoxy groups -OCH3 is 1. The highest BCUT2D eigenvalue weighted by molar-refractivity contribution is 7.87. The average Bonchev–Trinajstić information content (AvgIpc) is 3.84. The van der Waals surface area contributed by atoms with Gasteiger partial charge in [-0.3, -0.25) is 9.59 Å². The fourth-order valence-corrected chi connectivity index (χ4v) is 11.8. The highest BCUT2D eigenvalue weighted by Crippen LogP contribution is 2.66. The molecule has 2 amide bonds. The second-order valence-corrected chi connectivity index (χ2v) is 19.3. The van der Waals surface area contributed by atoms with E-state index in [-0.39, 0.29) is 22.8 Å². The number of benzene rings is 2. The highest BCUT2D eigenvalue weighted by atomic mass is 32.2. The number of carbonyl (C=O) groups is 2. The summed E-state index contributed by atoms with van der Waals surface area (Å²) in [5.41, 5.74) is 5.54. The lowest BCUT2D eigenvalue weighted by Crippen LogP contribution is -2.48. The highest BCUT2D eigenvalue weighted by Gasteiger charge is 2.64. The fourth-order valence-electron chi connectivity index (χ4n) is 11.3. The maximum Gasteiger partial charge on any atom is 0.303 e. The van der Waals surface area contributed by atoms with E-state index in [4.69, 9.17) is 4.74 Å². The second kappa shape index (κ2) is 14.0. The zero-order chi connectivity index (χ0) is 37.1. The first-order valence-corrected chi connectivity index (χ1v) is 21.8. The van der Waals surface area contributed by atoms with Crippen LogP contribution in [0.1, 0.15) is 136 Å². The van der Waals surface area contributed by atoms with Gasteiger partial charge in [0.15, 0.2) is 0 Å². The van der Waals surface area contributed by atoms with Crippen LogP contribution < -0.4 is 9.46 Å². The monoisotopic (exact) mass is 742 g/mol. The Labute approximate surface area is 316 Å². The Morgan fingerprint density at radius 3 is 2.25 bits per heavy atom. The smallest absolute Gasteiger partial charge is 0.303 e. The quantitative estimate of drug-likeness (QED) is 0.238. The number of fused-ring (bicyclic) bond motifs is 7. The third-order valence-corrected chi connectivity index (χ3v) is 15.5. The van der Waals surface area contributed by atoms with Gasteiger partial charge in [-0.15, -0.1) is 0 Å². The summed E-state index contributed by atoms with van der Waals surface area (Å²) >= 11 is 0. The molecule has 2 heterocycles. The van der Waals surface area contributed by atoms with Crippen LogP contribution in [0.5, 0.6) is 5.75 Å². The normalized spacial score (nSPS) is 24.5. The van der Waals surface area contributed by atoms with Crippen LogP contribution in [0.2, 0.25) is 0 Å². The van der Waals surface area contributed by atoms with Crippen molar-refractivity contribution in [2.45, 2.75) is 121 Å². The molecular formula is C43H58N4O5S. The number of amides is 2. The number of carbonyl (C=O) groups excluding carboxylic acids is 2. The zero-order valence-electron chi connectivity index (χ0n) is 32.2. The van der Waals surface area contributed by atoms with Crippen molar-refractivity contribution >= 4 is 32.9 Å². The molecule has 8 rings (SSSR count). The molecule has 2 atom stereocenters. The van der Waals surface area contributed by atoms with E-state index < -0.39 is 21.5 Å². The van der Waals surface area contributed by atoms with Gasteiger partial charge >= 0.3 is 10.2 Å². The van der Waals surface area contributed by atoms with Gasteiger partial charge in [-0.05, 0) is 104 Å². The summed E-state index contributed by atoms with van der Waals surface area (Å²) in [6.07, 6.45) is 19.3. The van der Waals surface area contributed by atoms with Crippen LogP contribution in [-0.4, -0.2) is 68.8 Å². The maximum atomic E-state index is 15.3. The van der Waals surface area contributed by atoms with Crippen LogP contribution in [0.3, 0.4) is 0 Å². The first kappa shape index (κ1) is 36.6. The summed E-state index contributed by atoms with van der Waals surface area (Å²) in [6, 6.07) is 12.0. The van der Waals surface area contributed by atoms with E-state index in [9.17, 15) is 13.2 Å². The van der Waals surface area contributed by atoms with E-state index >= 15 is 4.79 Å². The minimum Gasteiger partial charge on any atom is -0.497 e. The molecule has 3 aromatic rings. The first-order valence-electron chi connectivity index (χ1n) is 20.3. The van der Waals surface area contributed by atoms with E-state index in [2.05, 4.69) is 33.4 Å². The van der Waals surface area contributed by atoms with Crippen LogP contribution >= 0.6 is 0 Å². The second-order valence-electron chi connectivity index (χ2n) is 17.4. The minimum absolute atomic E-state index is 0.0606. The van der Waals surface area contributed by atoms with Gasteiger partial charge in [-0.2, -0.15) is 12.7 Å². The number of hydrogen-bond donors (Lipinski definition) is 1. The lowest BCUT2D eigenvalue weighted by Gasteiger charge is -2.48. The SMILES string of the molecule is COc1ccc2c(c1)C1CC1(C(=O)N(C)CC1(C3CCCCC3)CCCCC1)Cn1c-2c(C2CCCCC2)c2ccc(C(=O)NS(=O)(=O)N(C)C)cc21. The lowest BCUT2D eigenvalue weighted by atomic mass is 9.61. The number of hydrogen-bond acceptors (Lipinski definition) is 5. The van der Waals surface area contributed by atoms with Gasteiger partial charge in [0, 0.05) is 62.2 Å². The van der Waals surface area contributed by atoms with Crippen molar-refractivity contribution in [3.63, 3.8) is 0 Å². The van der Waals surface area contributed by atoms with Crippen molar-refractivity contribution in [2.24, 2.45) is 16.7 Å². The molecule has 286 valence electrons. The van der Waals surface area contributed by atoms with Crippen LogP contribution in [0.15, 0.2) is 36.4 Å². The Morgan fingerprint density at radius 2 is 1.57 bits per heavy atom. The molecule has 1 N–H and O–H groups in total. The van der Waals surface area contributed by atoms with Crippen molar-refractivity contribution in [3.8, 4) is 17.0 Å². The zero-order valence-corrected chi connectivity index (χ0v) is 33.0. The summed E-state index contributed by atoms with van der Waals surface area (Å²) in [6.45, 7) is 1.35. The van der Waals surface area contributed by atoms with Crippen LogP contribution in [0.25, 0.3) is 22.2 Å². The van der Waals surface area contributed by atoms with Crippen molar-refractivity contribution in [1.82, 2.24) is 18.5 Å². The predicted octanol–water partition coefficient (Wildman–Crippen LogP) is 8.38. The fraction of sp³-hybridized carbons (Fsp3) is 0.628. The van der Waals surface area contributed by atoms with Gasteiger partial charge in [0.05, 0.1) is 18.2 Å². The van der Waals surface area contributed by atoms with E-state index in [1.54, 1.807) is 13.2 Å². The summed E-state index contributed by atoms with van der Waals surface area (Å²) in [4.78, 5) is 30.9. The Bertz CT molecular complexity index is 2000. The summed E-state index contributed by atoms with van der Waals surface area (Å²) < 4.78 is 36.8. The first-order chi connectivity index (χ1) is 25.5.